The first-order valence-corrected chi connectivity index (χ1v) is 7.93. The van der Waals surface area contributed by atoms with E-state index in [2.05, 4.69) is 5.32 Å². The average Bonchev–Trinajstić information content (AvgIpc) is 3.16. The van der Waals surface area contributed by atoms with Crippen LogP contribution in [-0.4, -0.2) is 31.4 Å². The van der Waals surface area contributed by atoms with Crippen molar-refractivity contribution in [2.75, 3.05) is 13.2 Å². The van der Waals surface area contributed by atoms with Crippen molar-refractivity contribution in [1.82, 2.24) is 5.32 Å². The SMILES string of the molecule is Clc1ccc(OCC2CCC(CNC3CC3)O2)cc1Cl. The zero-order chi connectivity index (χ0) is 13.9. The Kier molecular flexibility index (Phi) is 4.72. The second kappa shape index (κ2) is 6.52. The Morgan fingerprint density at radius 2 is 1.90 bits per heavy atom. The first-order chi connectivity index (χ1) is 9.70. The van der Waals surface area contributed by atoms with Gasteiger partial charge in [0, 0.05) is 18.7 Å². The lowest BCUT2D eigenvalue weighted by atomic mass is 10.2. The molecule has 1 aliphatic carbocycles. The van der Waals surface area contributed by atoms with Crippen molar-refractivity contribution >= 4 is 23.2 Å². The molecule has 2 aliphatic rings. The summed E-state index contributed by atoms with van der Waals surface area (Å²) in [5, 5.41) is 4.57. The fraction of sp³-hybridized carbons (Fsp3) is 0.600. The molecule has 1 aromatic carbocycles. The molecule has 20 heavy (non-hydrogen) atoms. The number of halogens is 2. The van der Waals surface area contributed by atoms with Gasteiger partial charge in [-0.3, -0.25) is 0 Å². The molecule has 1 saturated heterocycles. The highest BCUT2D eigenvalue weighted by molar-refractivity contribution is 6.42. The Morgan fingerprint density at radius 3 is 2.65 bits per heavy atom. The van der Waals surface area contributed by atoms with Gasteiger partial charge in [-0.15, -0.1) is 0 Å². The summed E-state index contributed by atoms with van der Waals surface area (Å²) in [6.45, 7) is 1.53. The van der Waals surface area contributed by atoms with Crippen LogP contribution < -0.4 is 10.1 Å². The van der Waals surface area contributed by atoms with Gasteiger partial charge in [-0.25, -0.2) is 0 Å². The van der Waals surface area contributed by atoms with E-state index >= 15 is 0 Å². The van der Waals surface area contributed by atoms with Crippen molar-refractivity contribution in [1.29, 1.82) is 0 Å². The lowest BCUT2D eigenvalue weighted by Crippen LogP contribution is -2.29. The van der Waals surface area contributed by atoms with Crippen LogP contribution in [0.25, 0.3) is 0 Å². The molecular weight excluding hydrogens is 297 g/mol. The van der Waals surface area contributed by atoms with Gasteiger partial charge in [0.2, 0.25) is 0 Å². The topological polar surface area (TPSA) is 30.5 Å². The third-order valence-electron chi connectivity index (χ3n) is 3.73. The molecule has 2 atom stereocenters. The maximum absolute atomic E-state index is 5.97. The summed E-state index contributed by atoms with van der Waals surface area (Å²) < 4.78 is 11.7. The van der Waals surface area contributed by atoms with Crippen LogP contribution in [0, 0.1) is 0 Å². The minimum absolute atomic E-state index is 0.176. The Labute approximate surface area is 129 Å². The average molecular weight is 316 g/mol. The van der Waals surface area contributed by atoms with Gasteiger partial charge in [0.05, 0.1) is 22.3 Å². The molecule has 3 nitrogen and oxygen atoms in total. The largest absolute Gasteiger partial charge is 0.491 e. The van der Waals surface area contributed by atoms with Gasteiger partial charge in [-0.05, 0) is 37.8 Å². The number of hydrogen-bond donors (Lipinski definition) is 1. The molecule has 2 fully saturated rings. The first-order valence-electron chi connectivity index (χ1n) is 7.17. The molecule has 1 saturated carbocycles. The van der Waals surface area contributed by atoms with E-state index in [0.717, 1.165) is 31.2 Å². The van der Waals surface area contributed by atoms with Crippen LogP contribution >= 0.6 is 23.2 Å². The van der Waals surface area contributed by atoms with Crippen LogP contribution in [0.2, 0.25) is 10.0 Å². The van der Waals surface area contributed by atoms with Crippen molar-refractivity contribution in [3.8, 4) is 5.75 Å². The quantitative estimate of drug-likeness (QED) is 0.868. The number of hydrogen-bond acceptors (Lipinski definition) is 3. The molecule has 3 rings (SSSR count). The van der Waals surface area contributed by atoms with Gasteiger partial charge in [0.1, 0.15) is 12.4 Å². The fourth-order valence-electron chi connectivity index (χ4n) is 2.39. The molecule has 1 N–H and O–H groups in total. The molecule has 5 heteroatoms. The predicted octanol–water partition coefficient (Wildman–Crippen LogP) is 3.67. The summed E-state index contributed by atoms with van der Waals surface area (Å²) in [4.78, 5) is 0. The van der Waals surface area contributed by atoms with Crippen LogP contribution in [0.1, 0.15) is 25.7 Å². The molecule has 1 heterocycles. The van der Waals surface area contributed by atoms with Crippen LogP contribution in [-0.2, 0) is 4.74 Å². The van der Waals surface area contributed by atoms with E-state index < -0.39 is 0 Å². The highest BCUT2D eigenvalue weighted by Crippen LogP contribution is 2.27. The van der Waals surface area contributed by atoms with Crippen molar-refractivity contribution in [2.45, 2.75) is 43.9 Å². The normalized spacial score (nSPS) is 25.9. The Hall–Kier alpha value is -0.480. The molecule has 1 aliphatic heterocycles. The maximum atomic E-state index is 5.97. The van der Waals surface area contributed by atoms with Crippen LogP contribution in [0.15, 0.2) is 18.2 Å². The van der Waals surface area contributed by atoms with E-state index in [-0.39, 0.29) is 6.10 Å². The zero-order valence-corrected chi connectivity index (χ0v) is 12.8. The highest BCUT2D eigenvalue weighted by atomic mass is 35.5. The second-order valence-corrected chi connectivity index (χ2v) is 6.34. The van der Waals surface area contributed by atoms with Crippen LogP contribution in [0.3, 0.4) is 0 Å². The standard InChI is InChI=1S/C15H19Cl2NO2/c16-14-6-5-11(7-15(14)17)19-9-13-4-3-12(20-13)8-18-10-1-2-10/h5-7,10,12-13,18H,1-4,8-9H2. The number of benzene rings is 1. The van der Waals surface area contributed by atoms with Crippen molar-refractivity contribution in [3.63, 3.8) is 0 Å². The monoisotopic (exact) mass is 315 g/mol. The number of nitrogens with one attached hydrogen (secondary N) is 1. The maximum Gasteiger partial charge on any atom is 0.121 e. The van der Waals surface area contributed by atoms with Crippen molar-refractivity contribution < 1.29 is 9.47 Å². The Bertz CT molecular complexity index is 465. The van der Waals surface area contributed by atoms with E-state index in [0.29, 0.717) is 22.8 Å². The van der Waals surface area contributed by atoms with Gasteiger partial charge in [-0.2, -0.15) is 0 Å². The fourth-order valence-corrected chi connectivity index (χ4v) is 2.68. The molecule has 0 bridgehead atoms. The Balaban J connectivity index is 1.41. The molecule has 0 radical (unpaired) electrons. The molecule has 1 aromatic rings. The van der Waals surface area contributed by atoms with Crippen molar-refractivity contribution in [3.05, 3.63) is 28.2 Å². The number of rotatable bonds is 6. The summed E-state index contributed by atoms with van der Waals surface area (Å²) in [6, 6.07) is 6.06. The van der Waals surface area contributed by atoms with Gasteiger partial charge < -0.3 is 14.8 Å². The zero-order valence-electron chi connectivity index (χ0n) is 11.3. The van der Waals surface area contributed by atoms with Gasteiger partial charge in [0.25, 0.3) is 0 Å². The predicted molar refractivity (Wildman–Crippen MR) is 80.9 cm³/mol. The summed E-state index contributed by atoms with van der Waals surface area (Å²) in [5.41, 5.74) is 0. The summed E-state index contributed by atoms with van der Waals surface area (Å²) in [7, 11) is 0. The smallest absolute Gasteiger partial charge is 0.121 e. The summed E-state index contributed by atoms with van der Waals surface area (Å²) in [6.07, 6.45) is 5.30. The van der Waals surface area contributed by atoms with E-state index in [9.17, 15) is 0 Å². The molecule has 110 valence electrons. The second-order valence-electron chi connectivity index (χ2n) is 5.53. The minimum Gasteiger partial charge on any atom is -0.491 e. The third-order valence-corrected chi connectivity index (χ3v) is 4.47. The van der Waals surface area contributed by atoms with E-state index in [1.165, 1.54) is 12.8 Å². The molecular formula is C15H19Cl2NO2. The highest BCUT2D eigenvalue weighted by Gasteiger charge is 2.28. The van der Waals surface area contributed by atoms with E-state index in [1.807, 2.05) is 6.07 Å². The van der Waals surface area contributed by atoms with E-state index in [1.54, 1.807) is 12.1 Å². The molecule has 2 unspecified atom stereocenters. The van der Waals surface area contributed by atoms with Crippen LogP contribution in [0.5, 0.6) is 5.75 Å². The van der Waals surface area contributed by atoms with Gasteiger partial charge in [-0.1, -0.05) is 23.2 Å². The minimum atomic E-state index is 0.176. The van der Waals surface area contributed by atoms with Gasteiger partial charge in [0.15, 0.2) is 0 Å². The lowest BCUT2D eigenvalue weighted by molar-refractivity contribution is 0.0184. The first kappa shape index (κ1) is 14.5. The van der Waals surface area contributed by atoms with E-state index in [4.69, 9.17) is 32.7 Å². The van der Waals surface area contributed by atoms with Crippen LogP contribution in [0.4, 0.5) is 0 Å². The van der Waals surface area contributed by atoms with Gasteiger partial charge >= 0.3 is 0 Å². The summed E-state index contributed by atoms with van der Waals surface area (Å²) in [5.74, 6) is 0.738. The molecule has 0 amide bonds. The van der Waals surface area contributed by atoms with Crippen molar-refractivity contribution in [2.24, 2.45) is 0 Å². The third kappa shape index (κ3) is 4.01. The Morgan fingerprint density at radius 1 is 1.10 bits per heavy atom. The summed E-state index contributed by atoms with van der Waals surface area (Å²) >= 11 is 11.8. The lowest BCUT2D eigenvalue weighted by Gasteiger charge is -2.15. The molecule has 0 aromatic heterocycles. The number of ether oxygens (including phenoxy) is 2. The molecule has 0 spiro atoms.